The summed E-state index contributed by atoms with van der Waals surface area (Å²) in [6.07, 6.45) is 3.69. The van der Waals surface area contributed by atoms with E-state index in [1.54, 1.807) is 11.3 Å². The normalized spacial score (nSPS) is 27.8. The number of rotatable bonds is 3. The molecule has 0 amide bonds. The number of hydrogen-bond acceptors (Lipinski definition) is 3. The Bertz CT molecular complexity index is 245. The first-order valence-corrected chi connectivity index (χ1v) is 5.80. The Labute approximate surface area is 83.1 Å². The van der Waals surface area contributed by atoms with Crippen molar-refractivity contribution in [2.75, 3.05) is 11.9 Å². The molecule has 13 heavy (non-hydrogen) atoms. The highest BCUT2D eigenvalue weighted by Gasteiger charge is 2.20. The Hall–Kier alpha value is -0.540. The molecular weight excluding hydrogens is 180 g/mol. The fraction of sp³-hybridized carbons (Fsp3) is 0.600. The van der Waals surface area contributed by atoms with E-state index in [-0.39, 0.29) is 0 Å². The van der Waals surface area contributed by atoms with Crippen LogP contribution < -0.4 is 11.1 Å². The first-order valence-electron chi connectivity index (χ1n) is 4.86. The quantitative estimate of drug-likeness (QED) is 0.778. The molecule has 0 bridgehead atoms. The van der Waals surface area contributed by atoms with Crippen molar-refractivity contribution in [1.29, 1.82) is 0 Å². The van der Waals surface area contributed by atoms with E-state index in [0.29, 0.717) is 6.04 Å². The van der Waals surface area contributed by atoms with Gasteiger partial charge in [0.25, 0.3) is 0 Å². The average molecular weight is 196 g/mol. The predicted molar refractivity (Wildman–Crippen MR) is 58.1 cm³/mol. The maximum Gasteiger partial charge on any atom is 0.0448 e. The molecule has 0 radical (unpaired) electrons. The van der Waals surface area contributed by atoms with Crippen LogP contribution in [-0.4, -0.2) is 12.6 Å². The maximum atomic E-state index is 5.85. The summed E-state index contributed by atoms with van der Waals surface area (Å²) in [5.74, 6) is 0.787. The van der Waals surface area contributed by atoms with Gasteiger partial charge >= 0.3 is 0 Å². The van der Waals surface area contributed by atoms with Crippen LogP contribution in [0.2, 0.25) is 0 Å². The number of hydrogen-bond donors (Lipinski definition) is 2. The van der Waals surface area contributed by atoms with Crippen LogP contribution >= 0.6 is 11.3 Å². The van der Waals surface area contributed by atoms with Crippen molar-refractivity contribution in [2.24, 2.45) is 11.7 Å². The van der Waals surface area contributed by atoms with E-state index < -0.39 is 0 Å². The molecule has 0 saturated heterocycles. The van der Waals surface area contributed by atoms with E-state index in [1.165, 1.54) is 24.9 Å². The summed E-state index contributed by atoms with van der Waals surface area (Å²) in [7, 11) is 0. The fourth-order valence-electron chi connectivity index (χ4n) is 1.93. The first-order chi connectivity index (χ1) is 6.34. The Kier molecular flexibility index (Phi) is 2.86. The van der Waals surface area contributed by atoms with Gasteiger partial charge in [0.2, 0.25) is 0 Å². The van der Waals surface area contributed by atoms with E-state index in [2.05, 4.69) is 22.1 Å². The highest BCUT2D eigenvalue weighted by Crippen LogP contribution is 2.24. The van der Waals surface area contributed by atoms with Crippen LogP contribution in [0.25, 0.3) is 0 Å². The van der Waals surface area contributed by atoms with Crippen molar-refractivity contribution < 1.29 is 0 Å². The molecule has 1 aromatic heterocycles. The monoisotopic (exact) mass is 196 g/mol. The molecule has 1 aromatic rings. The van der Waals surface area contributed by atoms with Crippen molar-refractivity contribution in [2.45, 2.75) is 25.3 Å². The van der Waals surface area contributed by atoms with Gasteiger partial charge in [0, 0.05) is 23.7 Å². The largest absolute Gasteiger partial charge is 0.384 e. The van der Waals surface area contributed by atoms with Crippen molar-refractivity contribution >= 4 is 17.0 Å². The Morgan fingerprint density at radius 1 is 1.54 bits per heavy atom. The molecule has 1 fully saturated rings. The van der Waals surface area contributed by atoms with Crippen molar-refractivity contribution in [3.05, 3.63) is 16.8 Å². The van der Waals surface area contributed by atoms with E-state index in [4.69, 9.17) is 5.73 Å². The minimum Gasteiger partial charge on any atom is -0.384 e. The summed E-state index contributed by atoms with van der Waals surface area (Å²) >= 11 is 1.74. The molecule has 0 aliphatic heterocycles. The average Bonchev–Trinajstić information content (AvgIpc) is 2.71. The summed E-state index contributed by atoms with van der Waals surface area (Å²) < 4.78 is 0. The molecule has 1 saturated carbocycles. The van der Waals surface area contributed by atoms with Crippen LogP contribution in [0.15, 0.2) is 16.8 Å². The highest BCUT2D eigenvalue weighted by atomic mass is 32.1. The molecule has 1 heterocycles. The predicted octanol–water partition coefficient (Wildman–Crippen LogP) is 2.29. The Morgan fingerprint density at radius 2 is 2.46 bits per heavy atom. The lowest BCUT2D eigenvalue weighted by Crippen LogP contribution is -2.17. The lowest BCUT2D eigenvalue weighted by molar-refractivity contribution is 0.566. The zero-order valence-corrected chi connectivity index (χ0v) is 8.52. The molecule has 2 atom stereocenters. The molecular formula is C10H16N2S. The summed E-state index contributed by atoms with van der Waals surface area (Å²) in [6.45, 7) is 1.09. The molecule has 1 aliphatic carbocycles. The smallest absolute Gasteiger partial charge is 0.0448 e. The lowest BCUT2D eigenvalue weighted by atomic mass is 10.1. The Morgan fingerprint density at radius 3 is 3.08 bits per heavy atom. The fourth-order valence-corrected chi connectivity index (χ4v) is 2.54. The van der Waals surface area contributed by atoms with Crippen LogP contribution in [0.3, 0.4) is 0 Å². The minimum absolute atomic E-state index is 0.453. The third-order valence-corrected chi connectivity index (χ3v) is 3.38. The van der Waals surface area contributed by atoms with Crippen LogP contribution in [-0.2, 0) is 0 Å². The second-order valence-corrected chi connectivity index (χ2v) is 4.61. The SMILES string of the molecule is N[C@@H]1CC[C@H](CNc2ccsc2)C1. The topological polar surface area (TPSA) is 38.0 Å². The van der Waals surface area contributed by atoms with Gasteiger partial charge in [-0.15, -0.1) is 0 Å². The maximum absolute atomic E-state index is 5.85. The number of anilines is 1. The first kappa shape index (κ1) is 9.03. The van der Waals surface area contributed by atoms with Gasteiger partial charge in [-0.3, -0.25) is 0 Å². The minimum atomic E-state index is 0.453. The van der Waals surface area contributed by atoms with E-state index in [0.717, 1.165) is 12.5 Å². The van der Waals surface area contributed by atoms with Crippen molar-refractivity contribution in [3.8, 4) is 0 Å². The van der Waals surface area contributed by atoms with Crippen LogP contribution in [0.5, 0.6) is 0 Å². The third kappa shape index (κ3) is 2.45. The van der Waals surface area contributed by atoms with Gasteiger partial charge in [0.05, 0.1) is 0 Å². The van der Waals surface area contributed by atoms with Crippen molar-refractivity contribution in [3.63, 3.8) is 0 Å². The summed E-state index contributed by atoms with van der Waals surface area (Å²) in [6, 6.07) is 2.58. The van der Waals surface area contributed by atoms with Crippen LogP contribution in [0.4, 0.5) is 5.69 Å². The molecule has 2 nitrogen and oxygen atoms in total. The lowest BCUT2D eigenvalue weighted by Gasteiger charge is -2.10. The van der Waals surface area contributed by atoms with Crippen LogP contribution in [0.1, 0.15) is 19.3 Å². The van der Waals surface area contributed by atoms with Gasteiger partial charge in [-0.1, -0.05) is 0 Å². The van der Waals surface area contributed by atoms with E-state index in [1.807, 2.05) is 0 Å². The summed E-state index contributed by atoms with van der Waals surface area (Å²) in [5, 5.41) is 7.69. The van der Waals surface area contributed by atoms with E-state index in [9.17, 15) is 0 Å². The number of nitrogens with two attached hydrogens (primary N) is 1. The number of thiophene rings is 1. The highest BCUT2D eigenvalue weighted by molar-refractivity contribution is 7.08. The second-order valence-electron chi connectivity index (χ2n) is 3.83. The molecule has 1 aliphatic rings. The molecule has 72 valence electrons. The van der Waals surface area contributed by atoms with Gasteiger partial charge in [-0.25, -0.2) is 0 Å². The molecule has 3 N–H and O–H groups in total. The zero-order valence-electron chi connectivity index (χ0n) is 7.70. The van der Waals surface area contributed by atoms with Crippen molar-refractivity contribution in [1.82, 2.24) is 0 Å². The van der Waals surface area contributed by atoms with Gasteiger partial charge in [0.1, 0.15) is 0 Å². The molecule has 3 heteroatoms. The molecule has 0 unspecified atom stereocenters. The molecule has 2 rings (SSSR count). The van der Waals surface area contributed by atoms with Crippen LogP contribution in [0, 0.1) is 5.92 Å². The van der Waals surface area contributed by atoms with Gasteiger partial charge < -0.3 is 11.1 Å². The second kappa shape index (κ2) is 4.11. The van der Waals surface area contributed by atoms with Gasteiger partial charge in [-0.05, 0) is 36.6 Å². The van der Waals surface area contributed by atoms with Gasteiger partial charge in [-0.2, -0.15) is 11.3 Å². The standard InChI is InChI=1S/C10H16N2S/c11-9-2-1-8(5-9)6-12-10-3-4-13-7-10/h3-4,7-9,12H,1-2,5-6,11H2/t8-,9+/m0/s1. The van der Waals surface area contributed by atoms with Gasteiger partial charge in [0.15, 0.2) is 0 Å². The zero-order chi connectivity index (χ0) is 9.10. The summed E-state index contributed by atoms with van der Waals surface area (Å²) in [5.41, 5.74) is 7.10. The van der Waals surface area contributed by atoms with E-state index >= 15 is 0 Å². The number of nitrogens with one attached hydrogen (secondary N) is 1. The molecule has 0 spiro atoms. The molecule has 0 aromatic carbocycles. The Balaban J connectivity index is 1.74. The summed E-state index contributed by atoms with van der Waals surface area (Å²) in [4.78, 5) is 0. The third-order valence-electron chi connectivity index (χ3n) is 2.70.